The Labute approximate surface area is 227 Å². The minimum absolute atomic E-state index is 0.0638. The molecule has 2 heteroatoms. The van der Waals surface area contributed by atoms with Gasteiger partial charge in [0.25, 0.3) is 0 Å². The predicted octanol–water partition coefficient (Wildman–Crippen LogP) is 9.50. The van der Waals surface area contributed by atoms with Gasteiger partial charge < -0.3 is 4.74 Å². The summed E-state index contributed by atoms with van der Waals surface area (Å²) in [5.41, 5.74) is 3.10. The van der Waals surface area contributed by atoms with Crippen molar-refractivity contribution in [2.24, 2.45) is 52.3 Å². The van der Waals surface area contributed by atoms with Gasteiger partial charge in [0.05, 0.1) is 5.56 Å². The van der Waals surface area contributed by atoms with Crippen molar-refractivity contribution < 1.29 is 9.53 Å². The quantitative estimate of drug-likeness (QED) is 0.273. The topological polar surface area (TPSA) is 26.3 Å². The molecule has 0 spiro atoms. The van der Waals surface area contributed by atoms with Gasteiger partial charge in [0, 0.05) is 0 Å². The second-order valence-corrected chi connectivity index (χ2v) is 14.4. The highest BCUT2D eigenvalue weighted by atomic mass is 16.5. The summed E-state index contributed by atoms with van der Waals surface area (Å²) in [6.45, 7) is 15.1. The number of carbonyl (C=O) groups excluding carboxylic acids is 1. The van der Waals surface area contributed by atoms with Gasteiger partial charge in [-0.25, -0.2) is 4.79 Å². The Kier molecular flexibility index (Phi) is 7.69. The van der Waals surface area contributed by atoms with E-state index in [1.165, 1.54) is 57.8 Å². The summed E-state index contributed by atoms with van der Waals surface area (Å²) in [5, 5.41) is 0. The van der Waals surface area contributed by atoms with Crippen LogP contribution in [0, 0.1) is 52.3 Å². The third-order valence-electron chi connectivity index (χ3n) is 12.3. The SMILES string of the molecule is CC(C)[C@@H](C)CC[C@@H](C)[C@H]1CC[C@@H]2[C@H]3CCC4=C[C@@H](OC(=O)c5ccccc5)CC[C@]4(C)[C@@H]3CC[C@]21C. The van der Waals surface area contributed by atoms with Crippen LogP contribution in [0.2, 0.25) is 0 Å². The first kappa shape index (κ1) is 27.0. The molecule has 0 unspecified atom stereocenters. The number of hydrogen-bond acceptors (Lipinski definition) is 2. The van der Waals surface area contributed by atoms with Gasteiger partial charge in [-0.2, -0.15) is 0 Å². The van der Waals surface area contributed by atoms with Crippen LogP contribution < -0.4 is 0 Å². The van der Waals surface area contributed by atoms with Crippen molar-refractivity contribution in [3.63, 3.8) is 0 Å². The molecule has 4 aliphatic rings. The van der Waals surface area contributed by atoms with Gasteiger partial charge in [-0.1, -0.05) is 78.2 Å². The smallest absolute Gasteiger partial charge is 0.338 e. The van der Waals surface area contributed by atoms with Crippen LogP contribution in [-0.2, 0) is 4.74 Å². The van der Waals surface area contributed by atoms with Crippen molar-refractivity contribution in [2.45, 2.75) is 112 Å². The Morgan fingerprint density at radius 3 is 2.41 bits per heavy atom. The van der Waals surface area contributed by atoms with Crippen LogP contribution in [-0.4, -0.2) is 12.1 Å². The lowest BCUT2D eigenvalue weighted by molar-refractivity contribution is -0.0637. The summed E-state index contributed by atoms with van der Waals surface area (Å²) in [6.07, 6.45) is 15.5. The van der Waals surface area contributed by atoms with Crippen molar-refractivity contribution >= 4 is 5.97 Å². The molecule has 3 fully saturated rings. The summed E-state index contributed by atoms with van der Waals surface area (Å²) >= 11 is 0. The molecule has 0 aliphatic heterocycles. The fourth-order valence-electron chi connectivity index (χ4n) is 9.60. The van der Waals surface area contributed by atoms with Crippen LogP contribution in [0.3, 0.4) is 0 Å². The molecule has 0 amide bonds. The van der Waals surface area contributed by atoms with Crippen molar-refractivity contribution in [1.29, 1.82) is 0 Å². The fourth-order valence-corrected chi connectivity index (χ4v) is 9.60. The number of allylic oxidation sites excluding steroid dienone is 1. The molecule has 9 atom stereocenters. The van der Waals surface area contributed by atoms with Gasteiger partial charge >= 0.3 is 5.97 Å². The maximum Gasteiger partial charge on any atom is 0.338 e. The molecule has 0 saturated heterocycles. The molecule has 1 aromatic rings. The zero-order valence-corrected chi connectivity index (χ0v) is 24.5. The molecule has 4 aliphatic carbocycles. The van der Waals surface area contributed by atoms with Crippen LogP contribution >= 0.6 is 0 Å². The maximum absolute atomic E-state index is 12.7. The largest absolute Gasteiger partial charge is 0.455 e. The molecule has 3 saturated carbocycles. The summed E-state index contributed by atoms with van der Waals surface area (Å²) < 4.78 is 5.97. The molecular formula is C35H52O2. The van der Waals surface area contributed by atoms with E-state index in [2.05, 4.69) is 47.6 Å². The lowest BCUT2D eigenvalue weighted by Gasteiger charge is -2.59. The average Bonchev–Trinajstić information content (AvgIpc) is 3.25. The second-order valence-electron chi connectivity index (χ2n) is 14.4. The maximum atomic E-state index is 12.7. The molecule has 0 heterocycles. The van der Waals surface area contributed by atoms with Gasteiger partial charge in [0.2, 0.25) is 0 Å². The number of fused-ring (bicyclic) bond motifs is 5. The average molecular weight is 505 g/mol. The van der Waals surface area contributed by atoms with E-state index in [1.54, 1.807) is 5.57 Å². The normalized spacial score (nSPS) is 38.7. The lowest BCUT2D eigenvalue weighted by atomic mass is 9.46. The van der Waals surface area contributed by atoms with E-state index in [1.807, 2.05) is 30.3 Å². The molecular weight excluding hydrogens is 452 g/mol. The van der Waals surface area contributed by atoms with Crippen LogP contribution in [0.5, 0.6) is 0 Å². The van der Waals surface area contributed by atoms with Gasteiger partial charge in [-0.15, -0.1) is 0 Å². The first-order valence-electron chi connectivity index (χ1n) is 15.6. The predicted molar refractivity (Wildman–Crippen MR) is 153 cm³/mol. The molecule has 5 rings (SSSR count). The highest BCUT2D eigenvalue weighted by Gasteiger charge is 2.59. The van der Waals surface area contributed by atoms with E-state index in [0.717, 1.165) is 47.8 Å². The Morgan fingerprint density at radius 2 is 1.68 bits per heavy atom. The number of benzene rings is 1. The van der Waals surface area contributed by atoms with E-state index < -0.39 is 0 Å². The fraction of sp³-hybridized carbons (Fsp3) is 0.743. The lowest BCUT2D eigenvalue weighted by Crippen LogP contribution is -2.51. The van der Waals surface area contributed by atoms with E-state index in [0.29, 0.717) is 16.4 Å². The van der Waals surface area contributed by atoms with E-state index in [-0.39, 0.29) is 12.1 Å². The van der Waals surface area contributed by atoms with Crippen LogP contribution in [0.1, 0.15) is 116 Å². The van der Waals surface area contributed by atoms with Gasteiger partial charge in [0.15, 0.2) is 0 Å². The Bertz CT molecular complexity index is 978. The Morgan fingerprint density at radius 1 is 0.919 bits per heavy atom. The second kappa shape index (κ2) is 10.5. The van der Waals surface area contributed by atoms with E-state index in [9.17, 15) is 4.79 Å². The van der Waals surface area contributed by atoms with Crippen molar-refractivity contribution in [2.75, 3.05) is 0 Å². The minimum atomic E-state index is -0.179. The van der Waals surface area contributed by atoms with Gasteiger partial charge in [-0.3, -0.25) is 0 Å². The number of hydrogen-bond donors (Lipinski definition) is 0. The van der Waals surface area contributed by atoms with Crippen LogP contribution in [0.25, 0.3) is 0 Å². The highest BCUT2D eigenvalue weighted by Crippen LogP contribution is 2.67. The van der Waals surface area contributed by atoms with E-state index in [4.69, 9.17) is 4.74 Å². The summed E-state index contributed by atoms with van der Waals surface area (Å²) in [5.74, 6) is 5.84. The van der Waals surface area contributed by atoms with Crippen molar-refractivity contribution in [1.82, 2.24) is 0 Å². The molecule has 1 aromatic carbocycles. The Hall–Kier alpha value is -1.57. The molecule has 0 radical (unpaired) electrons. The summed E-state index contributed by atoms with van der Waals surface area (Å²) in [7, 11) is 0. The molecule has 204 valence electrons. The van der Waals surface area contributed by atoms with Gasteiger partial charge in [0.1, 0.15) is 6.10 Å². The van der Waals surface area contributed by atoms with E-state index >= 15 is 0 Å². The first-order chi connectivity index (χ1) is 17.6. The number of carbonyl (C=O) groups is 1. The van der Waals surface area contributed by atoms with Crippen LogP contribution in [0.15, 0.2) is 42.0 Å². The standard InChI is InChI=1S/C35H52O2/c1-23(2)24(3)12-13-25(4)30-16-17-31-29-15-14-27-22-28(37-33(36)26-10-8-7-9-11-26)18-20-34(27,5)32(29)19-21-35(30,31)6/h7-11,22-25,28-32H,12-21H2,1-6H3/t24-,25+,28-,29+,30+,31+,32+,34-,35-/m0/s1. The third-order valence-corrected chi connectivity index (χ3v) is 12.3. The zero-order chi connectivity index (χ0) is 26.4. The summed E-state index contributed by atoms with van der Waals surface area (Å²) in [4.78, 5) is 12.7. The zero-order valence-electron chi connectivity index (χ0n) is 24.5. The molecule has 37 heavy (non-hydrogen) atoms. The number of ether oxygens (including phenoxy) is 1. The minimum Gasteiger partial charge on any atom is -0.455 e. The number of esters is 1. The molecule has 0 aromatic heterocycles. The summed E-state index contributed by atoms with van der Waals surface area (Å²) in [6, 6.07) is 9.47. The first-order valence-corrected chi connectivity index (χ1v) is 15.6. The molecule has 0 N–H and O–H groups in total. The Balaban J connectivity index is 1.26. The highest BCUT2D eigenvalue weighted by molar-refractivity contribution is 5.89. The van der Waals surface area contributed by atoms with Gasteiger partial charge in [-0.05, 0) is 122 Å². The third kappa shape index (κ3) is 4.96. The molecule has 2 nitrogen and oxygen atoms in total. The van der Waals surface area contributed by atoms with Crippen molar-refractivity contribution in [3.05, 3.63) is 47.5 Å². The monoisotopic (exact) mass is 504 g/mol. The van der Waals surface area contributed by atoms with Crippen LogP contribution in [0.4, 0.5) is 0 Å². The molecule has 0 bridgehead atoms. The van der Waals surface area contributed by atoms with Crippen molar-refractivity contribution in [3.8, 4) is 0 Å². The number of rotatable bonds is 7.